The van der Waals surface area contributed by atoms with Crippen molar-refractivity contribution in [1.82, 2.24) is 5.32 Å². The number of nitrogens with one attached hydrogen (secondary N) is 1. The molecule has 0 heterocycles. The second kappa shape index (κ2) is 9.13. The fraction of sp³-hybridized carbons (Fsp3) is 0.357. The van der Waals surface area contributed by atoms with Crippen molar-refractivity contribution in [3.05, 3.63) is 34.2 Å². The summed E-state index contributed by atoms with van der Waals surface area (Å²) in [6.45, 7) is 0.211. The van der Waals surface area contributed by atoms with Gasteiger partial charge in [-0.25, -0.2) is 0 Å². The Hall–Kier alpha value is -3.10. The number of amides is 1. The van der Waals surface area contributed by atoms with Crippen LogP contribution in [0.5, 0.6) is 0 Å². The van der Waals surface area contributed by atoms with Crippen LogP contribution in [0.2, 0.25) is 0 Å². The molecule has 0 aliphatic heterocycles. The summed E-state index contributed by atoms with van der Waals surface area (Å²) in [5.41, 5.74) is 19.7. The first-order chi connectivity index (χ1) is 11.3. The monoisotopic (exact) mass is 334 g/mol. The Bertz CT molecular complexity index is 684. The zero-order valence-electron chi connectivity index (χ0n) is 12.8. The first-order valence-electron chi connectivity index (χ1n) is 7.11. The van der Waals surface area contributed by atoms with Gasteiger partial charge in [-0.1, -0.05) is 5.11 Å². The molecule has 0 spiro atoms. The van der Waals surface area contributed by atoms with Crippen LogP contribution in [-0.4, -0.2) is 35.4 Å². The minimum Gasteiger partial charge on any atom is -0.480 e. The van der Waals surface area contributed by atoms with E-state index < -0.39 is 23.7 Å². The van der Waals surface area contributed by atoms with Crippen LogP contribution in [0.3, 0.4) is 0 Å². The molecule has 10 nitrogen and oxygen atoms in total. The van der Waals surface area contributed by atoms with Crippen molar-refractivity contribution in [3.8, 4) is 0 Å². The lowest BCUT2D eigenvalue weighted by molar-refractivity contribution is -0.138. The van der Waals surface area contributed by atoms with Gasteiger partial charge in [0.1, 0.15) is 6.04 Å². The minimum atomic E-state index is -1.08. The van der Waals surface area contributed by atoms with E-state index in [9.17, 15) is 14.4 Å². The number of ketones is 1. The molecule has 1 aromatic carbocycles. The minimum absolute atomic E-state index is 0.0165. The molecular weight excluding hydrogens is 316 g/mol. The summed E-state index contributed by atoms with van der Waals surface area (Å²) < 4.78 is 0. The Morgan fingerprint density at radius 1 is 1.29 bits per heavy atom. The van der Waals surface area contributed by atoms with Gasteiger partial charge >= 0.3 is 5.97 Å². The number of Topliss-reactive ketones (excluding diaryl/α,β-unsaturated/α-hetero) is 1. The van der Waals surface area contributed by atoms with E-state index in [1.165, 1.54) is 18.2 Å². The number of anilines is 1. The molecule has 0 saturated carbocycles. The predicted molar refractivity (Wildman–Crippen MR) is 86.5 cm³/mol. The molecular formula is C14H18N6O4. The second-order valence-corrected chi connectivity index (χ2v) is 5.03. The third kappa shape index (κ3) is 5.95. The van der Waals surface area contributed by atoms with Crippen molar-refractivity contribution in [1.29, 1.82) is 0 Å². The number of hydrogen-bond acceptors (Lipinski definition) is 6. The van der Waals surface area contributed by atoms with E-state index in [-0.39, 0.29) is 29.9 Å². The molecule has 128 valence electrons. The molecule has 0 aliphatic rings. The quantitative estimate of drug-likeness (QED) is 0.0995. The van der Waals surface area contributed by atoms with E-state index in [4.69, 9.17) is 22.1 Å². The van der Waals surface area contributed by atoms with Crippen molar-refractivity contribution in [2.75, 3.05) is 12.3 Å². The Morgan fingerprint density at radius 3 is 2.62 bits per heavy atom. The number of nitrogen functional groups attached to an aromatic ring is 1. The van der Waals surface area contributed by atoms with Crippen LogP contribution in [0, 0.1) is 0 Å². The molecule has 0 bridgehead atoms. The van der Waals surface area contributed by atoms with E-state index in [1.807, 2.05) is 0 Å². The normalized spacial score (nSPS) is 11.2. The number of carbonyl (C=O) groups excluding carboxylic acids is 2. The highest BCUT2D eigenvalue weighted by Gasteiger charge is 2.17. The first-order valence-corrected chi connectivity index (χ1v) is 7.11. The van der Waals surface area contributed by atoms with Crippen molar-refractivity contribution in [2.24, 2.45) is 10.8 Å². The lowest BCUT2D eigenvalue weighted by atomic mass is 10.1. The predicted octanol–water partition coefficient (Wildman–Crippen LogP) is 1.09. The highest BCUT2D eigenvalue weighted by atomic mass is 16.4. The maximum absolute atomic E-state index is 12.0. The molecule has 1 aromatic rings. The average Bonchev–Trinajstić information content (AvgIpc) is 2.53. The number of carboxylic acid groups (broad SMARTS) is 1. The number of carbonyl (C=O) groups is 3. The van der Waals surface area contributed by atoms with E-state index in [0.29, 0.717) is 12.8 Å². The fourth-order valence-corrected chi connectivity index (χ4v) is 1.90. The summed E-state index contributed by atoms with van der Waals surface area (Å²) in [7, 11) is 0. The van der Waals surface area contributed by atoms with Crippen molar-refractivity contribution >= 4 is 29.0 Å². The molecule has 6 N–H and O–H groups in total. The number of hydrogen-bond donors (Lipinski definition) is 4. The Morgan fingerprint density at radius 2 is 2.00 bits per heavy atom. The van der Waals surface area contributed by atoms with Gasteiger partial charge in [-0.3, -0.25) is 14.4 Å². The van der Waals surface area contributed by atoms with Gasteiger partial charge in [-0.15, -0.1) is 0 Å². The van der Waals surface area contributed by atoms with Gasteiger partial charge in [-0.05, 0) is 43.0 Å². The van der Waals surface area contributed by atoms with E-state index in [1.54, 1.807) is 0 Å². The number of benzene rings is 1. The molecule has 0 saturated heterocycles. The fourth-order valence-electron chi connectivity index (χ4n) is 1.90. The number of nitrogens with zero attached hydrogens (tertiary/aromatic N) is 3. The van der Waals surface area contributed by atoms with Crippen LogP contribution < -0.4 is 16.8 Å². The molecule has 10 heteroatoms. The van der Waals surface area contributed by atoms with Gasteiger partial charge in [0, 0.05) is 28.4 Å². The zero-order chi connectivity index (χ0) is 18.1. The standard InChI is InChI=1S/C14H18N6O4/c15-9-5-8(6-10(7-9)19-20-17)12(21)13(22)18-4-2-1-3-11(16)14(23)24/h5-7,11H,1-4,15-16H2,(H,18,22)(H,23,24)/t11-/m0/s1. The third-order valence-electron chi connectivity index (χ3n) is 3.11. The largest absolute Gasteiger partial charge is 0.480 e. The van der Waals surface area contributed by atoms with E-state index in [2.05, 4.69) is 15.3 Å². The number of azide groups is 1. The molecule has 0 unspecified atom stereocenters. The third-order valence-corrected chi connectivity index (χ3v) is 3.11. The lowest BCUT2D eigenvalue weighted by Gasteiger charge is -2.07. The SMILES string of the molecule is [N-]=[N+]=Nc1cc(N)cc(C(=O)C(=O)NCCCC[C@H](N)C(=O)O)c1. The van der Waals surface area contributed by atoms with Crippen LogP contribution in [0.15, 0.2) is 23.3 Å². The molecule has 24 heavy (non-hydrogen) atoms. The van der Waals surface area contributed by atoms with Crippen molar-refractivity contribution in [2.45, 2.75) is 25.3 Å². The molecule has 0 radical (unpaired) electrons. The average molecular weight is 334 g/mol. The number of aliphatic carboxylic acids is 1. The van der Waals surface area contributed by atoms with Crippen LogP contribution in [0.1, 0.15) is 29.6 Å². The van der Waals surface area contributed by atoms with E-state index >= 15 is 0 Å². The Labute approximate surface area is 137 Å². The first kappa shape index (κ1) is 18.9. The number of carboxylic acids is 1. The Balaban J connectivity index is 2.52. The van der Waals surface area contributed by atoms with Crippen LogP contribution in [-0.2, 0) is 9.59 Å². The summed E-state index contributed by atoms with van der Waals surface area (Å²) in [5.74, 6) is -2.71. The van der Waals surface area contributed by atoms with Crippen LogP contribution >= 0.6 is 0 Å². The molecule has 1 amide bonds. The number of rotatable bonds is 9. The summed E-state index contributed by atoms with van der Waals surface area (Å²) in [4.78, 5) is 37.0. The number of nitrogens with two attached hydrogens (primary N) is 2. The van der Waals surface area contributed by atoms with Gasteiger partial charge in [0.2, 0.25) is 5.78 Å². The van der Waals surface area contributed by atoms with E-state index in [0.717, 1.165) is 0 Å². The number of unbranched alkanes of at least 4 members (excludes halogenated alkanes) is 1. The summed E-state index contributed by atoms with van der Waals surface area (Å²) in [5, 5.41) is 14.4. The van der Waals surface area contributed by atoms with Crippen LogP contribution in [0.25, 0.3) is 10.4 Å². The highest BCUT2D eigenvalue weighted by Crippen LogP contribution is 2.20. The molecule has 0 fully saturated rings. The van der Waals surface area contributed by atoms with Gasteiger partial charge in [-0.2, -0.15) is 0 Å². The maximum atomic E-state index is 12.0. The van der Waals surface area contributed by atoms with Gasteiger partial charge in [0.15, 0.2) is 0 Å². The van der Waals surface area contributed by atoms with Crippen LogP contribution in [0.4, 0.5) is 11.4 Å². The molecule has 0 aromatic heterocycles. The summed E-state index contributed by atoms with van der Waals surface area (Å²) in [6.07, 6.45) is 1.27. The molecule has 1 atom stereocenters. The molecule has 1 rings (SSSR count). The maximum Gasteiger partial charge on any atom is 0.320 e. The highest BCUT2D eigenvalue weighted by molar-refractivity contribution is 6.43. The zero-order valence-corrected chi connectivity index (χ0v) is 12.8. The summed E-state index contributed by atoms with van der Waals surface area (Å²) in [6, 6.07) is 3.02. The second-order valence-electron chi connectivity index (χ2n) is 5.03. The van der Waals surface area contributed by atoms with Crippen molar-refractivity contribution in [3.63, 3.8) is 0 Å². The van der Waals surface area contributed by atoms with Gasteiger partial charge in [0.05, 0.1) is 0 Å². The van der Waals surface area contributed by atoms with Gasteiger partial charge in [0.25, 0.3) is 5.91 Å². The van der Waals surface area contributed by atoms with Crippen molar-refractivity contribution < 1.29 is 19.5 Å². The smallest absolute Gasteiger partial charge is 0.320 e. The lowest BCUT2D eigenvalue weighted by Crippen LogP contribution is -2.32. The Kier molecular flexibility index (Phi) is 7.21. The topological polar surface area (TPSA) is 184 Å². The molecule has 0 aliphatic carbocycles. The summed E-state index contributed by atoms with van der Waals surface area (Å²) >= 11 is 0. The van der Waals surface area contributed by atoms with Gasteiger partial charge < -0.3 is 21.9 Å².